The molecule has 1 N–H and O–H groups in total. The van der Waals surface area contributed by atoms with Crippen LogP contribution in [0.1, 0.15) is 29.3 Å². The van der Waals surface area contributed by atoms with E-state index in [0.717, 1.165) is 34.6 Å². The molecule has 2 heterocycles. The van der Waals surface area contributed by atoms with Crippen LogP contribution in [0.4, 0.5) is 11.5 Å². The van der Waals surface area contributed by atoms with Crippen LogP contribution in [0.2, 0.25) is 0 Å². The number of hydrogen-bond acceptors (Lipinski definition) is 4. The van der Waals surface area contributed by atoms with Gasteiger partial charge < -0.3 is 19.7 Å². The third kappa shape index (κ3) is 5.72. The maximum absolute atomic E-state index is 13.0. The van der Waals surface area contributed by atoms with Gasteiger partial charge in [0.05, 0.1) is 6.54 Å². The first-order valence-electron chi connectivity index (χ1n) is 12.4. The second kappa shape index (κ2) is 11.6. The number of para-hydroxylation sites is 2. The van der Waals surface area contributed by atoms with Crippen molar-refractivity contribution in [3.05, 3.63) is 95.3 Å². The lowest BCUT2D eigenvalue weighted by molar-refractivity contribution is -0.125. The Labute approximate surface area is 218 Å². The number of rotatable bonds is 10. The standard InChI is InChI=1S/C30H33N5O2/c1-5-35(25-11-7-6-8-12-25)19-24-17-23(18-31-30(24)32-21-36)15-16-29(37)33(3)20-28-22(2)26-13-9-10-14-27(26)34(28)4/h6-18,21H,5,19-20H2,1-4H3,(H,31,32,36)/b16-15+. The summed E-state index contributed by atoms with van der Waals surface area (Å²) in [5.74, 6) is 0.414. The third-order valence-corrected chi connectivity index (χ3v) is 6.74. The Morgan fingerprint density at radius 1 is 1.08 bits per heavy atom. The molecule has 0 bridgehead atoms. The molecule has 0 spiro atoms. The van der Waals surface area contributed by atoms with Crippen LogP contribution < -0.4 is 10.2 Å². The van der Waals surface area contributed by atoms with E-state index in [1.165, 1.54) is 10.9 Å². The van der Waals surface area contributed by atoms with Crippen molar-refractivity contribution in [2.45, 2.75) is 26.9 Å². The van der Waals surface area contributed by atoms with Gasteiger partial charge in [0.15, 0.2) is 0 Å². The van der Waals surface area contributed by atoms with Gasteiger partial charge in [-0.15, -0.1) is 0 Å². The summed E-state index contributed by atoms with van der Waals surface area (Å²) in [7, 11) is 3.85. The summed E-state index contributed by atoms with van der Waals surface area (Å²) >= 11 is 0. The molecule has 2 aromatic carbocycles. The van der Waals surface area contributed by atoms with Crippen LogP contribution in [-0.2, 0) is 29.7 Å². The Bertz CT molecular complexity index is 1390. The Morgan fingerprint density at radius 2 is 1.81 bits per heavy atom. The number of anilines is 2. The summed E-state index contributed by atoms with van der Waals surface area (Å²) in [5.41, 5.74) is 6.20. The van der Waals surface area contributed by atoms with E-state index in [1.807, 2.05) is 50.5 Å². The predicted molar refractivity (Wildman–Crippen MR) is 150 cm³/mol. The van der Waals surface area contributed by atoms with E-state index >= 15 is 0 Å². The molecule has 37 heavy (non-hydrogen) atoms. The van der Waals surface area contributed by atoms with Gasteiger partial charge in [-0.2, -0.15) is 0 Å². The summed E-state index contributed by atoms with van der Waals surface area (Å²) in [6.07, 6.45) is 5.63. The smallest absolute Gasteiger partial charge is 0.246 e. The van der Waals surface area contributed by atoms with E-state index in [9.17, 15) is 9.59 Å². The van der Waals surface area contributed by atoms with Crippen molar-refractivity contribution >= 4 is 40.8 Å². The Hall–Kier alpha value is -4.39. The number of carbonyl (C=O) groups is 2. The van der Waals surface area contributed by atoms with Crippen molar-refractivity contribution in [3.8, 4) is 0 Å². The normalized spacial score (nSPS) is 11.1. The summed E-state index contributed by atoms with van der Waals surface area (Å²) in [6.45, 7) is 6.06. The molecule has 2 amide bonds. The maximum Gasteiger partial charge on any atom is 0.246 e. The molecule has 2 aromatic heterocycles. The lowest BCUT2D eigenvalue weighted by Gasteiger charge is -2.24. The summed E-state index contributed by atoms with van der Waals surface area (Å²) in [5, 5.41) is 3.90. The number of aryl methyl sites for hydroxylation is 2. The molecule has 4 rings (SSSR count). The average molecular weight is 496 g/mol. The van der Waals surface area contributed by atoms with Crippen LogP contribution in [0.3, 0.4) is 0 Å². The quantitative estimate of drug-likeness (QED) is 0.244. The minimum Gasteiger partial charge on any atom is -0.367 e. The van der Waals surface area contributed by atoms with E-state index in [-0.39, 0.29) is 5.91 Å². The second-order valence-corrected chi connectivity index (χ2v) is 9.06. The van der Waals surface area contributed by atoms with Crippen LogP contribution in [-0.4, -0.2) is 40.4 Å². The zero-order valence-electron chi connectivity index (χ0n) is 21.8. The van der Waals surface area contributed by atoms with Gasteiger partial charge in [-0.3, -0.25) is 9.59 Å². The molecular formula is C30H33N5O2. The van der Waals surface area contributed by atoms with E-state index < -0.39 is 0 Å². The molecule has 0 saturated heterocycles. The maximum atomic E-state index is 13.0. The second-order valence-electron chi connectivity index (χ2n) is 9.06. The fourth-order valence-corrected chi connectivity index (χ4v) is 4.61. The van der Waals surface area contributed by atoms with Crippen LogP contribution in [0.25, 0.3) is 17.0 Å². The van der Waals surface area contributed by atoms with Crippen LogP contribution in [0.15, 0.2) is 72.9 Å². The minimum absolute atomic E-state index is 0.0965. The molecule has 0 fully saturated rings. The molecule has 0 saturated carbocycles. The number of fused-ring (bicyclic) bond motifs is 1. The third-order valence-electron chi connectivity index (χ3n) is 6.74. The molecule has 7 heteroatoms. The molecule has 0 atom stereocenters. The van der Waals surface area contributed by atoms with Gasteiger partial charge in [-0.25, -0.2) is 4.98 Å². The molecule has 0 aliphatic heterocycles. The predicted octanol–water partition coefficient (Wildman–Crippen LogP) is 5.15. The molecule has 0 aliphatic rings. The fraction of sp³-hybridized carbons (Fsp3) is 0.233. The first-order valence-corrected chi connectivity index (χ1v) is 12.4. The number of pyridine rings is 1. The fourth-order valence-electron chi connectivity index (χ4n) is 4.61. The number of benzene rings is 2. The lowest BCUT2D eigenvalue weighted by atomic mass is 10.1. The highest BCUT2D eigenvalue weighted by atomic mass is 16.2. The first-order chi connectivity index (χ1) is 17.9. The van der Waals surface area contributed by atoms with Crippen molar-refractivity contribution in [1.82, 2.24) is 14.5 Å². The van der Waals surface area contributed by atoms with Crippen molar-refractivity contribution < 1.29 is 9.59 Å². The molecule has 4 aromatic rings. The van der Waals surface area contributed by atoms with Gasteiger partial charge in [0.2, 0.25) is 12.3 Å². The van der Waals surface area contributed by atoms with Crippen molar-refractivity contribution in [1.29, 1.82) is 0 Å². The van der Waals surface area contributed by atoms with Gasteiger partial charge in [-0.05, 0) is 55.3 Å². The topological polar surface area (TPSA) is 70.5 Å². The largest absolute Gasteiger partial charge is 0.367 e. The number of amides is 2. The van der Waals surface area contributed by atoms with Crippen LogP contribution in [0, 0.1) is 6.92 Å². The summed E-state index contributed by atoms with van der Waals surface area (Å²) in [6, 6.07) is 20.3. The zero-order chi connectivity index (χ0) is 26.4. The molecule has 190 valence electrons. The number of hydrogen-bond donors (Lipinski definition) is 1. The highest BCUT2D eigenvalue weighted by Gasteiger charge is 2.15. The van der Waals surface area contributed by atoms with Gasteiger partial charge >= 0.3 is 0 Å². The SMILES string of the molecule is CCN(Cc1cc(/C=C/C(=O)N(C)Cc2c(C)c3ccccc3n2C)cnc1NC=O)c1ccccc1. The van der Waals surface area contributed by atoms with Crippen LogP contribution >= 0.6 is 0 Å². The van der Waals surface area contributed by atoms with Crippen molar-refractivity contribution in [2.24, 2.45) is 7.05 Å². The Morgan fingerprint density at radius 3 is 2.51 bits per heavy atom. The number of nitrogens with one attached hydrogen (secondary N) is 1. The zero-order valence-corrected chi connectivity index (χ0v) is 21.8. The molecule has 7 nitrogen and oxygen atoms in total. The average Bonchev–Trinajstić information content (AvgIpc) is 3.16. The Kier molecular flexibility index (Phi) is 8.03. The van der Waals surface area contributed by atoms with E-state index in [0.29, 0.717) is 25.3 Å². The number of nitrogens with zero attached hydrogens (tertiary/aromatic N) is 4. The Balaban J connectivity index is 1.51. The number of carbonyl (C=O) groups excluding carboxylic acids is 2. The molecule has 0 radical (unpaired) electrons. The number of likely N-dealkylation sites (N-methyl/N-ethyl adjacent to an activating group) is 1. The van der Waals surface area contributed by atoms with Gasteiger partial charge in [0.25, 0.3) is 0 Å². The first kappa shape index (κ1) is 25.7. The van der Waals surface area contributed by atoms with Crippen LogP contribution in [0.5, 0.6) is 0 Å². The van der Waals surface area contributed by atoms with Gasteiger partial charge in [-0.1, -0.05) is 36.4 Å². The van der Waals surface area contributed by atoms with E-state index in [4.69, 9.17) is 0 Å². The van der Waals surface area contributed by atoms with E-state index in [1.54, 1.807) is 23.2 Å². The van der Waals surface area contributed by atoms with E-state index in [2.05, 4.69) is 57.9 Å². The number of aromatic nitrogens is 2. The summed E-state index contributed by atoms with van der Waals surface area (Å²) < 4.78 is 2.15. The lowest BCUT2D eigenvalue weighted by Crippen LogP contribution is -2.25. The summed E-state index contributed by atoms with van der Waals surface area (Å²) in [4.78, 5) is 32.5. The molecular weight excluding hydrogens is 462 g/mol. The highest BCUT2D eigenvalue weighted by molar-refractivity contribution is 5.92. The monoisotopic (exact) mass is 495 g/mol. The van der Waals surface area contributed by atoms with Crippen molar-refractivity contribution in [2.75, 3.05) is 23.8 Å². The van der Waals surface area contributed by atoms with Crippen molar-refractivity contribution in [3.63, 3.8) is 0 Å². The van der Waals surface area contributed by atoms with Gasteiger partial charge in [0, 0.05) is 67.3 Å². The molecule has 0 unspecified atom stereocenters. The van der Waals surface area contributed by atoms with Gasteiger partial charge in [0.1, 0.15) is 5.82 Å². The minimum atomic E-state index is -0.0965. The highest BCUT2D eigenvalue weighted by Crippen LogP contribution is 2.25. The molecule has 0 aliphatic carbocycles.